The average molecular weight is 339 g/mol. The van der Waals surface area contributed by atoms with Gasteiger partial charge in [0, 0.05) is 30.8 Å². The third-order valence-electron chi connectivity index (χ3n) is 4.24. The van der Waals surface area contributed by atoms with E-state index in [1.807, 2.05) is 30.2 Å². The summed E-state index contributed by atoms with van der Waals surface area (Å²) in [5.74, 6) is 0.608. The van der Waals surface area contributed by atoms with Gasteiger partial charge in [0.1, 0.15) is 4.88 Å². The molecule has 122 valence electrons. The molecule has 0 radical (unpaired) electrons. The van der Waals surface area contributed by atoms with Crippen molar-refractivity contribution in [3.63, 3.8) is 0 Å². The number of nitrogens with zero attached hydrogens (tertiary/aromatic N) is 4. The van der Waals surface area contributed by atoms with E-state index in [9.17, 15) is 4.79 Å². The fourth-order valence-corrected chi connectivity index (χ4v) is 4.09. The quantitative estimate of drug-likeness (QED) is 0.795. The van der Waals surface area contributed by atoms with Crippen molar-refractivity contribution in [2.75, 3.05) is 6.54 Å². The number of nitrogens with one attached hydrogen (secondary N) is 1. The summed E-state index contributed by atoms with van der Waals surface area (Å²) in [6, 6.07) is 5.89. The number of hydrogen-bond acceptors (Lipinski definition) is 5. The smallest absolute Gasteiger partial charge is 0.266 e. The van der Waals surface area contributed by atoms with Gasteiger partial charge in [-0.25, -0.2) is 15.0 Å². The third-order valence-corrected chi connectivity index (χ3v) is 5.38. The van der Waals surface area contributed by atoms with Gasteiger partial charge in [0.25, 0.3) is 5.91 Å². The van der Waals surface area contributed by atoms with E-state index in [0.29, 0.717) is 15.7 Å². The van der Waals surface area contributed by atoms with Crippen LogP contribution in [0.3, 0.4) is 0 Å². The first-order valence-corrected chi connectivity index (χ1v) is 8.75. The molecule has 1 saturated heterocycles. The Balaban J connectivity index is 1.64. The molecule has 4 heterocycles. The van der Waals surface area contributed by atoms with Gasteiger partial charge in [0.05, 0.1) is 11.7 Å². The lowest BCUT2D eigenvalue weighted by Crippen LogP contribution is -2.30. The predicted molar refractivity (Wildman–Crippen MR) is 91.7 cm³/mol. The second kappa shape index (κ2) is 6.16. The molecule has 0 bridgehead atoms. The summed E-state index contributed by atoms with van der Waals surface area (Å²) >= 11 is 1.37. The lowest BCUT2D eigenvalue weighted by molar-refractivity contribution is 0.0737. The Bertz CT molecular complexity index is 843. The molecule has 1 atom stereocenters. The summed E-state index contributed by atoms with van der Waals surface area (Å²) in [6.07, 6.45) is 7.27. The molecule has 3 aromatic rings. The highest BCUT2D eigenvalue weighted by molar-refractivity contribution is 7.17. The van der Waals surface area contributed by atoms with Crippen LogP contribution in [0.5, 0.6) is 0 Å². The minimum atomic E-state index is 0.0456. The Kier molecular flexibility index (Phi) is 3.86. The normalized spacial score (nSPS) is 17.4. The fraction of sp³-hybridized carbons (Fsp3) is 0.294. The Labute approximate surface area is 143 Å². The number of rotatable bonds is 3. The van der Waals surface area contributed by atoms with Crippen molar-refractivity contribution >= 4 is 17.2 Å². The molecule has 1 amide bonds. The van der Waals surface area contributed by atoms with Crippen molar-refractivity contribution in [1.82, 2.24) is 24.8 Å². The highest BCUT2D eigenvalue weighted by Gasteiger charge is 2.33. The van der Waals surface area contributed by atoms with Crippen LogP contribution >= 0.6 is 11.3 Å². The lowest BCUT2D eigenvalue weighted by atomic mass is 10.1. The second-order valence-corrected chi connectivity index (χ2v) is 6.79. The first kappa shape index (κ1) is 15.0. The number of carbonyl (C=O) groups excluding carboxylic acids is 1. The van der Waals surface area contributed by atoms with E-state index in [4.69, 9.17) is 0 Å². The molecule has 0 unspecified atom stereocenters. The minimum absolute atomic E-state index is 0.0456. The van der Waals surface area contributed by atoms with Crippen molar-refractivity contribution < 1.29 is 4.79 Å². The molecule has 1 aliphatic heterocycles. The lowest BCUT2D eigenvalue weighted by Gasteiger charge is -2.23. The first-order valence-electron chi connectivity index (χ1n) is 7.93. The zero-order chi connectivity index (χ0) is 16.5. The summed E-state index contributed by atoms with van der Waals surface area (Å²) in [6.45, 7) is 2.65. The number of hydrogen-bond donors (Lipinski definition) is 1. The van der Waals surface area contributed by atoms with Gasteiger partial charge in [0.2, 0.25) is 0 Å². The number of carbonyl (C=O) groups is 1. The summed E-state index contributed by atoms with van der Waals surface area (Å²) in [7, 11) is 0. The van der Waals surface area contributed by atoms with Gasteiger partial charge >= 0.3 is 0 Å². The molecule has 1 fully saturated rings. The third kappa shape index (κ3) is 2.60. The number of aromatic nitrogens is 4. The summed E-state index contributed by atoms with van der Waals surface area (Å²) < 4.78 is 0. The van der Waals surface area contributed by atoms with Gasteiger partial charge in [-0.15, -0.1) is 11.3 Å². The Hall–Kier alpha value is -2.54. The van der Waals surface area contributed by atoms with E-state index in [2.05, 4.69) is 19.9 Å². The van der Waals surface area contributed by atoms with E-state index < -0.39 is 0 Å². The van der Waals surface area contributed by atoms with Crippen molar-refractivity contribution in [1.29, 1.82) is 0 Å². The van der Waals surface area contributed by atoms with Crippen LogP contribution in [-0.2, 0) is 0 Å². The number of aryl methyl sites for hydroxylation is 1. The molecule has 1 N–H and O–H groups in total. The van der Waals surface area contributed by atoms with Gasteiger partial charge in [-0.1, -0.05) is 0 Å². The van der Waals surface area contributed by atoms with Crippen molar-refractivity contribution in [2.24, 2.45) is 0 Å². The SMILES string of the molecule is Cc1nc(-c2ncccn2)sc1C(=O)N1CCC[C@H]1c1ccc[nH]1. The van der Waals surface area contributed by atoms with Crippen LogP contribution in [0, 0.1) is 6.92 Å². The molecular formula is C17H17N5OS. The van der Waals surface area contributed by atoms with Crippen molar-refractivity contribution in [3.05, 3.63) is 53.1 Å². The Morgan fingerprint density at radius 3 is 2.92 bits per heavy atom. The number of H-pyrrole nitrogens is 1. The average Bonchev–Trinajstić information content (AvgIpc) is 3.35. The standard InChI is InChI=1S/C17H17N5OS/c1-11-14(24-16(21-11)15-19-8-4-9-20-15)17(23)22-10-3-6-13(22)12-5-2-7-18-12/h2,4-5,7-9,13,18H,3,6,10H2,1H3/t13-/m0/s1. The van der Waals surface area contributed by atoms with Crippen LogP contribution in [0.2, 0.25) is 0 Å². The van der Waals surface area contributed by atoms with Crippen LogP contribution in [0.4, 0.5) is 0 Å². The summed E-state index contributed by atoms with van der Waals surface area (Å²) in [4.78, 5) is 31.9. The van der Waals surface area contributed by atoms with E-state index in [0.717, 1.165) is 30.8 Å². The fourth-order valence-electron chi connectivity index (χ4n) is 3.12. The maximum absolute atomic E-state index is 13.1. The van der Waals surface area contributed by atoms with Crippen molar-refractivity contribution in [2.45, 2.75) is 25.8 Å². The van der Waals surface area contributed by atoms with Gasteiger partial charge in [-0.05, 0) is 38.0 Å². The van der Waals surface area contributed by atoms with E-state index >= 15 is 0 Å². The minimum Gasteiger partial charge on any atom is -0.363 e. The molecule has 3 aromatic heterocycles. The molecule has 7 heteroatoms. The Morgan fingerprint density at radius 2 is 2.17 bits per heavy atom. The second-order valence-electron chi connectivity index (χ2n) is 5.79. The molecule has 1 aliphatic rings. The topological polar surface area (TPSA) is 74.8 Å². The number of aromatic amines is 1. The van der Waals surface area contributed by atoms with E-state index in [1.165, 1.54) is 11.3 Å². The Morgan fingerprint density at radius 1 is 1.33 bits per heavy atom. The van der Waals surface area contributed by atoms with E-state index in [1.54, 1.807) is 18.5 Å². The monoisotopic (exact) mass is 339 g/mol. The maximum atomic E-state index is 13.1. The maximum Gasteiger partial charge on any atom is 0.266 e. The van der Waals surface area contributed by atoms with Gasteiger partial charge in [-0.2, -0.15) is 0 Å². The predicted octanol–water partition coefficient (Wildman–Crippen LogP) is 3.21. The molecule has 0 saturated carbocycles. The molecule has 24 heavy (non-hydrogen) atoms. The molecule has 4 rings (SSSR count). The highest BCUT2D eigenvalue weighted by atomic mass is 32.1. The number of likely N-dealkylation sites (tertiary alicyclic amines) is 1. The van der Waals surface area contributed by atoms with Gasteiger partial charge in [-0.3, -0.25) is 4.79 Å². The molecule has 0 spiro atoms. The van der Waals surface area contributed by atoms with Crippen molar-refractivity contribution in [3.8, 4) is 10.8 Å². The van der Waals surface area contributed by atoms with Gasteiger partial charge in [0.15, 0.2) is 10.8 Å². The van der Waals surface area contributed by atoms with Crippen LogP contribution in [0.1, 0.15) is 39.9 Å². The number of amides is 1. The van der Waals surface area contributed by atoms with Gasteiger partial charge < -0.3 is 9.88 Å². The zero-order valence-corrected chi connectivity index (χ0v) is 14.1. The number of thiazole rings is 1. The first-order chi connectivity index (χ1) is 11.7. The molecule has 6 nitrogen and oxygen atoms in total. The summed E-state index contributed by atoms with van der Waals surface area (Å²) in [5, 5.41) is 0.687. The van der Waals surface area contributed by atoms with Crippen LogP contribution in [0.25, 0.3) is 10.8 Å². The molecule has 0 aromatic carbocycles. The zero-order valence-electron chi connectivity index (χ0n) is 13.3. The molecule has 0 aliphatic carbocycles. The highest BCUT2D eigenvalue weighted by Crippen LogP contribution is 2.34. The van der Waals surface area contributed by atoms with Crippen LogP contribution in [0.15, 0.2) is 36.8 Å². The van der Waals surface area contributed by atoms with Crippen LogP contribution < -0.4 is 0 Å². The van der Waals surface area contributed by atoms with E-state index in [-0.39, 0.29) is 11.9 Å². The molecular weight excluding hydrogens is 322 g/mol. The largest absolute Gasteiger partial charge is 0.363 e. The van der Waals surface area contributed by atoms with Crippen LogP contribution in [-0.4, -0.2) is 37.3 Å². The summed E-state index contributed by atoms with van der Waals surface area (Å²) in [5.41, 5.74) is 1.83.